The zero-order valence-corrected chi connectivity index (χ0v) is 26.0. The molecule has 1 N–H and O–H groups in total. The van der Waals surface area contributed by atoms with Crippen LogP contribution in [0.25, 0.3) is 0 Å². The highest BCUT2D eigenvalue weighted by Gasteiger charge is 2.74. The van der Waals surface area contributed by atoms with Crippen molar-refractivity contribution in [2.24, 2.45) is 11.8 Å². The first-order chi connectivity index (χ1) is 20.4. The van der Waals surface area contributed by atoms with Gasteiger partial charge in [-0.25, -0.2) is 0 Å². The molecule has 0 saturated carbocycles. The summed E-state index contributed by atoms with van der Waals surface area (Å²) < 4.78 is 4.94. The summed E-state index contributed by atoms with van der Waals surface area (Å²) in [5, 5.41) is 9.16. The van der Waals surface area contributed by atoms with Crippen LogP contribution in [0, 0.1) is 11.8 Å². The van der Waals surface area contributed by atoms with Crippen LogP contribution in [0.3, 0.4) is 0 Å². The largest absolute Gasteiger partial charge is 0.465 e. The summed E-state index contributed by atoms with van der Waals surface area (Å²) in [6.45, 7) is 14.8. The van der Waals surface area contributed by atoms with Gasteiger partial charge in [-0.3, -0.25) is 14.4 Å². The Balaban J connectivity index is 1.66. The number of amides is 2. The lowest BCUT2D eigenvalue weighted by atomic mass is 9.71. The van der Waals surface area contributed by atoms with Crippen LogP contribution in [0.5, 0.6) is 0 Å². The molecule has 2 unspecified atom stereocenters. The smallest absolute Gasteiger partial charge is 0.310 e. The molecule has 3 aliphatic rings. The quantitative estimate of drug-likeness (QED) is 0.157. The summed E-state index contributed by atoms with van der Waals surface area (Å²) in [6, 6.07) is 7.35. The highest BCUT2D eigenvalue weighted by atomic mass is 32.2. The fraction of sp³-hybridized carbons (Fsp3) is 0.606. The number of hydrogen-bond donors (Lipinski definition) is 1. The van der Waals surface area contributed by atoms with Gasteiger partial charge in [0.2, 0.25) is 5.91 Å². The Morgan fingerprint density at radius 2 is 1.79 bits per heavy atom. The molecule has 5 atom stereocenters. The predicted octanol–water partition coefficient (Wildman–Crippen LogP) is 4.82. The first-order valence-corrected chi connectivity index (χ1v) is 16.4. The topological polar surface area (TPSA) is 90.4 Å². The first kappa shape index (κ1) is 32.1. The Morgan fingerprint density at radius 1 is 1.10 bits per heavy atom. The van der Waals surface area contributed by atoms with E-state index in [0.717, 1.165) is 63.0 Å². The van der Waals surface area contributed by atoms with Crippen LogP contribution in [0.4, 0.5) is 11.4 Å². The van der Waals surface area contributed by atoms with Crippen LogP contribution in [0.15, 0.2) is 49.6 Å². The number of thioether (sulfide) groups is 1. The normalized spacial score (nSPS) is 25.8. The second-order valence-electron chi connectivity index (χ2n) is 11.4. The number of aliphatic hydroxyl groups is 1. The summed E-state index contributed by atoms with van der Waals surface area (Å²) in [6.07, 6.45) is 8.67. The molecular weight excluding hydrogens is 550 g/mol. The molecule has 0 aromatic heterocycles. The van der Waals surface area contributed by atoms with Crippen LogP contribution in [-0.4, -0.2) is 83.2 Å². The predicted molar refractivity (Wildman–Crippen MR) is 170 cm³/mol. The molecule has 42 heavy (non-hydrogen) atoms. The number of benzene rings is 1. The van der Waals surface area contributed by atoms with Crippen molar-refractivity contribution in [1.82, 2.24) is 4.90 Å². The maximum atomic E-state index is 14.7. The van der Waals surface area contributed by atoms with E-state index in [2.05, 4.69) is 31.9 Å². The number of esters is 1. The molecule has 3 saturated heterocycles. The van der Waals surface area contributed by atoms with Gasteiger partial charge in [-0.15, -0.1) is 24.9 Å². The van der Waals surface area contributed by atoms with Gasteiger partial charge in [-0.05, 0) is 70.2 Å². The number of carbonyl (C=O) groups excluding carboxylic acids is 3. The van der Waals surface area contributed by atoms with Crippen molar-refractivity contribution in [2.45, 2.75) is 74.8 Å². The summed E-state index contributed by atoms with van der Waals surface area (Å²) in [5.41, 5.74) is 1.86. The molecule has 230 valence electrons. The minimum Gasteiger partial charge on any atom is -0.465 e. The van der Waals surface area contributed by atoms with E-state index in [1.807, 2.05) is 24.3 Å². The molecule has 2 bridgehead atoms. The second-order valence-corrected chi connectivity index (χ2v) is 13.0. The number of unbranched alkanes of at least 4 members (excludes halogenated alkanes) is 3. The van der Waals surface area contributed by atoms with E-state index in [9.17, 15) is 19.5 Å². The number of hydrogen-bond acceptors (Lipinski definition) is 7. The van der Waals surface area contributed by atoms with E-state index in [-0.39, 0.29) is 36.2 Å². The SMILES string of the molecule is C=CCCOC(=O)[C@@H]1[C@@H]2CCC3(S2)C(C(=O)N(CC=C)c2ccc(N(CC)CC)cc2)N(CCCCCCO)C(=O)[C@H]13. The summed E-state index contributed by atoms with van der Waals surface area (Å²) in [4.78, 5) is 48.0. The molecule has 9 heteroatoms. The van der Waals surface area contributed by atoms with Gasteiger partial charge in [0.05, 0.1) is 23.2 Å². The molecule has 0 radical (unpaired) electrons. The third kappa shape index (κ3) is 6.13. The molecule has 3 aliphatic heterocycles. The first-order valence-electron chi connectivity index (χ1n) is 15.5. The maximum Gasteiger partial charge on any atom is 0.310 e. The van der Waals surface area contributed by atoms with Gasteiger partial charge < -0.3 is 24.5 Å². The van der Waals surface area contributed by atoms with E-state index in [1.165, 1.54) is 0 Å². The van der Waals surface area contributed by atoms with Crippen molar-refractivity contribution in [1.29, 1.82) is 0 Å². The number of nitrogens with zero attached hydrogens (tertiary/aromatic N) is 3. The highest BCUT2D eigenvalue weighted by molar-refractivity contribution is 8.02. The molecule has 1 aromatic carbocycles. The average Bonchev–Trinajstić information content (AvgIpc) is 3.64. The van der Waals surface area contributed by atoms with E-state index in [4.69, 9.17) is 4.74 Å². The van der Waals surface area contributed by atoms with Gasteiger partial charge in [0.25, 0.3) is 5.91 Å². The van der Waals surface area contributed by atoms with E-state index >= 15 is 0 Å². The molecule has 2 amide bonds. The van der Waals surface area contributed by atoms with E-state index in [0.29, 0.717) is 19.5 Å². The molecule has 1 aromatic rings. The lowest BCUT2D eigenvalue weighted by Gasteiger charge is -2.37. The third-order valence-electron chi connectivity index (χ3n) is 9.05. The number of ether oxygens (including phenoxy) is 1. The van der Waals surface area contributed by atoms with Crippen LogP contribution in [0.2, 0.25) is 0 Å². The van der Waals surface area contributed by atoms with Crippen molar-refractivity contribution in [2.75, 3.05) is 49.2 Å². The van der Waals surface area contributed by atoms with Gasteiger partial charge in [0.15, 0.2) is 0 Å². The maximum absolute atomic E-state index is 14.7. The van der Waals surface area contributed by atoms with E-state index in [1.54, 1.807) is 33.7 Å². The fourth-order valence-corrected chi connectivity index (χ4v) is 9.26. The van der Waals surface area contributed by atoms with Gasteiger partial charge in [-0.1, -0.05) is 25.0 Å². The third-order valence-corrected chi connectivity index (χ3v) is 11.0. The number of fused-ring (bicyclic) bond motifs is 1. The standard InChI is InChI=1S/C33H47N3O5S/c1-5-9-23-41-32(40)27-26-18-19-33(42-26)28(27)30(38)36(21-12-10-11-13-22-37)29(33)31(39)35(20-6-2)25-16-14-24(15-17-25)34(7-3)8-4/h5-6,14-17,26-29,37H,1-2,7-13,18-23H2,3-4H3/t26-,27+,28-,29?,33?/m0/s1. The number of rotatable bonds is 17. The number of likely N-dealkylation sites (tertiary alicyclic amines) is 1. The Hall–Kier alpha value is -2.78. The van der Waals surface area contributed by atoms with Gasteiger partial charge in [-0.2, -0.15) is 0 Å². The fourth-order valence-electron chi connectivity index (χ4n) is 7.06. The average molecular weight is 598 g/mol. The molecule has 0 aliphatic carbocycles. The minimum atomic E-state index is -0.670. The van der Waals surface area contributed by atoms with Crippen LogP contribution in [-0.2, 0) is 19.1 Å². The Bertz CT molecular complexity index is 1120. The number of anilines is 2. The minimum absolute atomic E-state index is 0.0293. The Kier molecular flexibility index (Phi) is 11.2. The molecule has 3 heterocycles. The molecular formula is C33H47N3O5S. The van der Waals surface area contributed by atoms with Crippen LogP contribution < -0.4 is 9.80 Å². The lowest BCUT2D eigenvalue weighted by molar-refractivity contribution is -0.154. The van der Waals surface area contributed by atoms with Crippen molar-refractivity contribution >= 4 is 40.9 Å². The zero-order valence-electron chi connectivity index (χ0n) is 25.2. The second kappa shape index (κ2) is 14.6. The monoisotopic (exact) mass is 597 g/mol. The Morgan fingerprint density at radius 3 is 2.43 bits per heavy atom. The van der Waals surface area contributed by atoms with Gasteiger partial charge in [0.1, 0.15) is 6.04 Å². The summed E-state index contributed by atoms with van der Waals surface area (Å²) in [7, 11) is 0. The zero-order chi connectivity index (χ0) is 30.3. The number of aliphatic hydroxyl groups excluding tert-OH is 1. The van der Waals surface area contributed by atoms with Crippen LogP contribution >= 0.6 is 11.8 Å². The Labute approximate surface area is 255 Å². The molecule has 4 rings (SSSR count). The summed E-state index contributed by atoms with van der Waals surface area (Å²) in [5.74, 6) is -1.67. The molecule has 8 nitrogen and oxygen atoms in total. The van der Waals surface area contributed by atoms with Crippen molar-refractivity contribution in [3.63, 3.8) is 0 Å². The van der Waals surface area contributed by atoms with Crippen molar-refractivity contribution < 1.29 is 24.2 Å². The lowest BCUT2D eigenvalue weighted by Crippen LogP contribution is -2.55. The highest BCUT2D eigenvalue weighted by Crippen LogP contribution is 2.66. The van der Waals surface area contributed by atoms with Crippen LogP contribution in [0.1, 0.15) is 58.8 Å². The summed E-state index contributed by atoms with van der Waals surface area (Å²) >= 11 is 1.66. The van der Waals surface area contributed by atoms with Gasteiger partial charge in [0, 0.05) is 49.4 Å². The molecule has 1 spiro atoms. The molecule has 3 fully saturated rings. The van der Waals surface area contributed by atoms with E-state index < -0.39 is 22.6 Å². The van der Waals surface area contributed by atoms with Crippen molar-refractivity contribution in [3.05, 3.63) is 49.6 Å². The number of carbonyl (C=O) groups is 3. The van der Waals surface area contributed by atoms with Crippen molar-refractivity contribution in [3.8, 4) is 0 Å². The van der Waals surface area contributed by atoms with Gasteiger partial charge >= 0.3 is 5.97 Å².